The van der Waals surface area contributed by atoms with Gasteiger partial charge in [0.05, 0.1) is 0 Å². The van der Waals surface area contributed by atoms with E-state index >= 15 is 0 Å². The number of aliphatic carboxylic acids is 1. The molecule has 1 aliphatic rings. The highest BCUT2D eigenvalue weighted by Gasteiger charge is 2.20. The molecule has 0 aliphatic heterocycles. The average molecular weight is 211 g/mol. The zero-order chi connectivity index (χ0) is 11.1. The van der Waals surface area contributed by atoms with Crippen LogP contribution in [-0.2, 0) is 4.79 Å². The molecule has 3 nitrogen and oxygen atoms in total. The number of hydrogen-bond acceptors (Lipinski definition) is 2. The van der Waals surface area contributed by atoms with Crippen LogP contribution in [0.4, 0.5) is 0 Å². The van der Waals surface area contributed by atoms with Crippen LogP contribution in [0.15, 0.2) is 12.2 Å². The lowest BCUT2D eigenvalue weighted by Crippen LogP contribution is -2.43. The second-order valence-electron chi connectivity index (χ2n) is 4.18. The number of hydrogen-bond donors (Lipinski definition) is 2. The summed E-state index contributed by atoms with van der Waals surface area (Å²) in [6, 6.07) is -0.00518. The first kappa shape index (κ1) is 12.2. The maximum atomic E-state index is 11.0. The van der Waals surface area contributed by atoms with Crippen LogP contribution in [0.1, 0.15) is 45.4 Å². The van der Waals surface area contributed by atoms with Crippen LogP contribution in [0.3, 0.4) is 0 Å². The van der Waals surface area contributed by atoms with Crippen molar-refractivity contribution >= 4 is 5.97 Å². The fourth-order valence-electron chi connectivity index (χ4n) is 1.92. The lowest BCUT2D eigenvalue weighted by atomic mass is 10.00. The molecule has 0 bridgehead atoms. The minimum absolute atomic E-state index is 0.355. The Hall–Kier alpha value is -0.830. The molecule has 15 heavy (non-hydrogen) atoms. The van der Waals surface area contributed by atoms with Crippen LogP contribution in [0.25, 0.3) is 0 Å². The van der Waals surface area contributed by atoms with Crippen molar-refractivity contribution in [2.45, 2.75) is 57.5 Å². The van der Waals surface area contributed by atoms with Gasteiger partial charge in [-0.25, -0.2) is 0 Å². The van der Waals surface area contributed by atoms with Gasteiger partial charge in [0.15, 0.2) is 0 Å². The Bertz CT molecular complexity index is 226. The van der Waals surface area contributed by atoms with E-state index in [4.69, 9.17) is 5.11 Å². The van der Waals surface area contributed by atoms with E-state index in [1.165, 1.54) is 0 Å². The molecule has 0 saturated heterocycles. The molecule has 0 radical (unpaired) electrons. The predicted molar refractivity (Wildman–Crippen MR) is 60.9 cm³/mol. The third kappa shape index (κ3) is 4.47. The molecule has 2 atom stereocenters. The molecule has 0 fully saturated rings. The average Bonchev–Trinajstić information content (AvgIpc) is 2.25. The van der Waals surface area contributed by atoms with E-state index in [0.29, 0.717) is 6.04 Å². The lowest BCUT2D eigenvalue weighted by molar-refractivity contribution is -0.140. The third-order valence-corrected chi connectivity index (χ3v) is 2.85. The third-order valence-electron chi connectivity index (χ3n) is 2.85. The largest absolute Gasteiger partial charge is 0.480 e. The fourth-order valence-corrected chi connectivity index (χ4v) is 1.92. The molecule has 1 rings (SSSR count). The van der Waals surface area contributed by atoms with Gasteiger partial charge in [-0.2, -0.15) is 0 Å². The Balaban J connectivity index is 2.35. The first-order chi connectivity index (χ1) is 7.24. The first-order valence-corrected chi connectivity index (χ1v) is 5.88. The minimum atomic E-state index is -0.710. The van der Waals surface area contributed by atoms with Crippen molar-refractivity contribution in [1.29, 1.82) is 0 Å². The van der Waals surface area contributed by atoms with Crippen LogP contribution >= 0.6 is 0 Å². The number of unbranched alkanes of at least 4 members (excludes halogenated alkanes) is 1. The van der Waals surface area contributed by atoms with Crippen molar-refractivity contribution in [3.05, 3.63) is 12.2 Å². The molecule has 1 aliphatic carbocycles. The summed E-state index contributed by atoms with van der Waals surface area (Å²) in [5.41, 5.74) is 0. The highest BCUT2D eigenvalue weighted by atomic mass is 16.4. The zero-order valence-corrected chi connectivity index (χ0v) is 9.41. The molecule has 0 aromatic heterocycles. The van der Waals surface area contributed by atoms with Gasteiger partial charge in [0.2, 0.25) is 0 Å². The van der Waals surface area contributed by atoms with Gasteiger partial charge >= 0.3 is 5.97 Å². The Labute approximate surface area is 91.6 Å². The van der Waals surface area contributed by atoms with Gasteiger partial charge < -0.3 is 10.4 Å². The van der Waals surface area contributed by atoms with Crippen LogP contribution in [-0.4, -0.2) is 23.2 Å². The summed E-state index contributed by atoms with van der Waals surface area (Å²) in [4.78, 5) is 11.0. The van der Waals surface area contributed by atoms with Crippen molar-refractivity contribution in [1.82, 2.24) is 5.32 Å². The smallest absolute Gasteiger partial charge is 0.320 e. The number of nitrogens with one attached hydrogen (secondary N) is 1. The normalized spacial score (nSPS) is 22.6. The highest BCUT2D eigenvalue weighted by Crippen LogP contribution is 2.12. The Morgan fingerprint density at radius 2 is 2.40 bits per heavy atom. The summed E-state index contributed by atoms with van der Waals surface area (Å²) in [6.45, 7) is 2.09. The van der Waals surface area contributed by atoms with Gasteiger partial charge in [-0.15, -0.1) is 0 Å². The highest BCUT2D eigenvalue weighted by molar-refractivity contribution is 5.73. The van der Waals surface area contributed by atoms with Crippen LogP contribution in [0.5, 0.6) is 0 Å². The summed E-state index contributed by atoms with van der Waals surface area (Å²) < 4.78 is 0. The van der Waals surface area contributed by atoms with E-state index in [2.05, 4.69) is 24.4 Å². The molecule has 2 N–H and O–H groups in total. The van der Waals surface area contributed by atoms with E-state index < -0.39 is 5.97 Å². The molecule has 0 aromatic carbocycles. The van der Waals surface area contributed by atoms with Gasteiger partial charge in [-0.1, -0.05) is 31.9 Å². The predicted octanol–water partition coefficient (Wildman–Crippen LogP) is 2.33. The van der Waals surface area contributed by atoms with E-state index in [1.807, 2.05) is 0 Å². The van der Waals surface area contributed by atoms with Gasteiger partial charge in [0.25, 0.3) is 0 Å². The van der Waals surface area contributed by atoms with Crippen molar-refractivity contribution in [2.24, 2.45) is 0 Å². The van der Waals surface area contributed by atoms with Gasteiger partial charge in [0.1, 0.15) is 6.04 Å². The molecule has 86 valence electrons. The fraction of sp³-hybridized carbons (Fsp3) is 0.750. The first-order valence-electron chi connectivity index (χ1n) is 5.88. The van der Waals surface area contributed by atoms with E-state index in [9.17, 15) is 4.79 Å². The molecule has 0 saturated carbocycles. The maximum Gasteiger partial charge on any atom is 0.320 e. The molecule has 0 heterocycles. The van der Waals surface area contributed by atoms with Crippen LogP contribution in [0.2, 0.25) is 0 Å². The molecule has 0 spiro atoms. The molecule has 0 amide bonds. The monoisotopic (exact) mass is 211 g/mol. The molecule has 0 aromatic rings. The summed E-state index contributed by atoms with van der Waals surface area (Å²) in [5, 5.41) is 12.3. The summed E-state index contributed by atoms with van der Waals surface area (Å²) >= 11 is 0. The van der Waals surface area contributed by atoms with Crippen molar-refractivity contribution in [3.8, 4) is 0 Å². The van der Waals surface area contributed by atoms with Gasteiger partial charge in [-0.05, 0) is 25.7 Å². The van der Waals surface area contributed by atoms with Crippen molar-refractivity contribution < 1.29 is 9.90 Å². The Morgan fingerprint density at radius 3 is 2.93 bits per heavy atom. The number of rotatable bonds is 6. The molecular formula is C12H21NO2. The van der Waals surface area contributed by atoms with E-state index in [-0.39, 0.29) is 6.04 Å². The van der Waals surface area contributed by atoms with Crippen molar-refractivity contribution in [3.63, 3.8) is 0 Å². The lowest BCUT2D eigenvalue weighted by Gasteiger charge is -2.24. The second-order valence-corrected chi connectivity index (χ2v) is 4.18. The van der Waals surface area contributed by atoms with Gasteiger partial charge in [-0.3, -0.25) is 4.79 Å². The number of carbonyl (C=O) groups is 1. The zero-order valence-electron chi connectivity index (χ0n) is 9.41. The molecule has 2 unspecified atom stereocenters. The number of allylic oxidation sites excluding steroid dienone is 1. The number of carboxylic acid groups (broad SMARTS) is 1. The molecule has 3 heteroatoms. The SMILES string of the molecule is CCCCC(NC1CC=CCC1)C(=O)O. The number of carboxylic acids is 1. The quantitative estimate of drug-likeness (QED) is 0.663. The second kappa shape index (κ2) is 6.62. The van der Waals surface area contributed by atoms with Gasteiger partial charge in [0, 0.05) is 6.04 Å². The summed E-state index contributed by atoms with van der Waals surface area (Å²) in [6.07, 6.45) is 10.2. The van der Waals surface area contributed by atoms with E-state index in [0.717, 1.165) is 38.5 Å². The van der Waals surface area contributed by atoms with Crippen LogP contribution < -0.4 is 5.32 Å². The maximum absolute atomic E-state index is 11.0. The summed E-state index contributed by atoms with van der Waals surface area (Å²) in [5.74, 6) is -0.710. The topological polar surface area (TPSA) is 49.3 Å². The minimum Gasteiger partial charge on any atom is -0.480 e. The van der Waals surface area contributed by atoms with Crippen LogP contribution in [0, 0.1) is 0 Å². The molecular weight excluding hydrogens is 190 g/mol. The Morgan fingerprint density at radius 1 is 1.60 bits per heavy atom. The Kier molecular flexibility index (Phi) is 5.40. The standard InChI is InChI=1S/C12H21NO2/c1-2-3-9-11(12(14)15)13-10-7-5-4-6-8-10/h4-5,10-11,13H,2-3,6-9H2,1H3,(H,14,15). The summed E-state index contributed by atoms with van der Waals surface area (Å²) in [7, 11) is 0. The van der Waals surface area contributed by atoms with E-state index in [1.54, 1.807) is 0 Å². The van der Waals surface area contributed by atoms with Crippen molar-refractivity contribution in [2.75, 3.05) is 0 Å².